The number of carbonyl (C=O) groups excluding carboxylic acids is 1. The van der Waals surface area contributed by atoms with Gasteiger partial charge in [-0.05, 0) is 37.6 Å². The third kappa shape index (κ3) is 4.02. The van der Waals surface area contributed by atoms with E-state index < -0.39 is 5.82 Å². The van der Waals surface area contributed by atoms with E-state index in [1.165, 1.54) is 24.5 Å². The van der Waals surface area contributed by atoms with Gasteiger partial charge >= 0.3 is 0 Å². The zero-order valence-corrected chi connectivity index (χ0v) is 19.1. The highest BCUT2D eigenvalue weighted by atomic mass is 32.2. The van der Waals surface area contributed by atoms with E-state index in [-0.39, 0.29) is 17.0 Å². The lowest BCUT2D eigenvalue weighted by Crippen LogP contribution is -2.32. The van der Waals surface area contributed by atoms with Gasteiger partial charge in [-0.15, -0.1) is 0 Å². The molecular formula is C23H21FN8OS. The van der Waals surface area contributed by atoms with Gasteiger partial charge in [-0.1, -0.05) is 11.8 Å². The number of amides is 1. The van der Waals surface area contributed by atoms with Gasteiger partial charge < -0.3 is 10.6 Å². The van der Waals surface area contributed by atoms with E-state index in [0.29, 0.717) is 32.8 Å². The van der Waals surface area contributed by atoms with Crippen LogP contribution in [0.3, 0.4) is 0 Å². The Morgan fingerprint density at radius 2 is 2.29 bits per heavy atom. The zero-order chi connectivity index (χ0) is 23.7. The maximum absolute atomic E-state index is 14.4. The second-order valence-corrected chi connectivity index (χ2v) is 8.93. The molecule has 2 N–H and O–H groups in total. The summed E-state index contributed by atoms with van der Waals surface area (Å²) in [5, 5.41) is 24.7. The third-order valence-corrected chi connectivity index (χ3v) is 6.78. The molecule has 1 aliphatic heterocycles. The van der Waals surface area contributed by atoms with Crippen LogP contribution in [0.2, 0.25) is 0 Å². The molecule has 4 aromatic heterocycles. The molecule has 9 nitrogen and oxygen atoms in total. The van der Waals surface area contributed by atoms with Crippen molar-refractivity contribution in [3.05, 3.63) is 60.1 Å². The van der Waals surface area contributed by atoms with Gasteiger partial charge in [-0.2, -0.15) is 15.5 Å². The summed E-state index contributed by atoms with van der Waals surface area (Å²) in [6, 6.07) is 6.96. The maximum Gasteiger partial charge on any atom is 0.272 e. The predicted octanol–water partition coefficient (Wildman–Crippen LogP) is 3.04. The summed E-state index contributed by atoms with van der Waals surface area (Å²) >= 11 is 1.11. The second-order valence-electron chi connectivity index (χ2n) is 7.90. The van der Waals surface area contributed by atoms with E-state index in [1.54, 1.807) is 17.8 Å². The molecule has 0 spiro atoms. The Hall–Kier alpha value is -3.75. The van der Waals surface area contributed by atoms with Crippen LogP contribution in [-0.4, -0.2) is 50.4 Å². The summed E-state index contributed by atoms with van der Waals surface area (Å²) in [5.74, 6) is -0.765. The minimum atomic E-state index is -0.460. The van der Waals surface area contributed by atoms with Crippen LogP contribution < -0.4 is 10.6 Å². The summed E-state index contributed by atoms with van der Waals surface area (Å²) in [5.41, 5.74) is 2.50. The molecule has 1 fully saturated rings. The average Bonchev–Trinajstić information content (AvgIpc) is 3.50. The average molecular weight is 477 g/mol. The molecule has 0 radical (unpaired) electrons. The third-order valence-electron chi connectivity index (χ3n) is 5.76. The van der Waals surface area contributed by atoms with Gasteiger partial charge in [0.05, 0.1) is 23.3 Å². The van der Waals surface area contributed by atoms with E-state index in [4.69, 9.17) is 0 Å². The predicted molar refractivity (Wildman–Crippen MR) is 124 cm³/mol. The summed E-state index contributed by atoms with van der Waals surface area (Å²) in [6.45, 7) is 1.74. The molecule has 5 rings (SSSR count). The Kier molecular flexibility index (Phi) is 6.00. The second kappa shape index (κ2) is 9.24. The molecule has 4 aromatic rings. The van der Waals surface area contributed by atoms with Crippen molar-refractivity contribution in [2.24, 2.45) is 0 Å². The number of carbonyl (C=O) groups is 1. The van der Waals surface area contributed by atoms with Crippen molar-refractivity contribution in [3.8, 4) is 17.2 Å². The number of fused-ring (bicyclic) bond motifs is 1. The first-order valence-corrected chi connectivity index (χ1v) is 11.6. The van der Waals surface area contributed by atoms with Gasteiger partial charge in [0.2, 0.25) is 0 Å². The van der Waals surface area contributed by atoms with Gasteiger partial charge in [-0.3, -0.25) is 9.48 Å². The molecule has 11 heteroatoms. The SMILES string of the molecule is CNC(=O)c1nn([C@H]2CCCNC2)cc1-c1cc(Sc2ncccc2F)c2c(C#N)cnn2c1. The number of hydrogen-bond donors (Lipinski definition) is 2. The first kappa shape index (κ1) is 22.1. The fourth-order valence-corrected chi connectivity index (χ4v) is 5.05. The Labute approximate surface area is 199 Å². The molecule has 5 heterocycles. The number of nitrogens with one attached hydrogen (secondary N) is 2. The van der Waals surface area contributed by atoms with Crippen LogP contribution in [0.5, 0.6) is 0 Å². The van der Waals surface area contributed by atoms with Crippen LogP contribution in [0.15, 0.2) is 52.9 Å². The first-order chi connectivity index (χ1) is 16.6. The van der Waals surface area contributed by atoms with Gasteiger partial charge in [0.15, 0.2) is 11.5 Å². The van der Waals surface area contributed by atoms with E-state index in [2.05, 4.69) is 31.9 Å². The molecule has 34 heavy (non-hydrogen) atoms. The largest absolute Gasteiger partial charge is 0.354 e. The minimum absolute atomic E-state index is 0.140. The lowest BCUT2D eigenvalue weighted by Gasteiger charge is -2.22. The summed E-state index contributed by atoms with van der Waals surface area (Å²) < 4.78 is 17.8. The van der Waals surface area contributed by atoms with Crippen LogP contribution >= 0.6 is 11.8 Å². The maximum atomic E-state index is 14.4. The molecule has 0 aromatic carbocycles. The van der Waals surface area contributed by atoms with Crippen LogP contribution in [0, 0.1) is 17.1 Å². The van der Waals surface area contributed by atoms with Gasteiger partial charge in [0, 0.05) is 48.2 Å². The topological polar surface area (TPSA) is 113 Å². The number of nitrogens with zero attached hydrogens (tertiary/aromatic N) is 6. The molecular weight excluding hydrogens is 455 g/mol. The highest BCUT2D eigenvalue weighted by Gasteiger charge is 2.24. The Morgan fingerprint density at radius 1 is 1.41 bits per heavy atom. The minimum Gasteiger partial charge on any atom is -0.354 e. The van der Waals surface area contributed by atoms with E-state index >= 15 is 0 Å². The number of aromatic nitrogens is 5. The molecule has 1 amide bonds. The normalized spacial score (nSPS) is 15.9. The number of pyridine rings is 2. The number of piperidine rings is 1. The van der Waals surface area contributed by atoms with E-state index in [9.17, 15) is 14.4 Å². The van der Waals surface area contributed by atoms with Crippen LogP contribution in [0.25, 0.3) is 16.6 Å². The smallest absolute Gasteiger partial charge is 0.272 e. The van der Waals surface area contributed by atoms with Gasteiger partial charge in [0.1, 0.15) is 11.1 Å². The highest BCUT2D eigenvalue weighted by molar-refractivity contribution is 7.99. The molecule has 0 unspecified atom stereocenters. The molecule has 1 aliphatic rings. The first-order valence-electron chi connectivity index (χ1n) is 10.8. The van der Waals surface area contributed by atoms with E-state index in [0.717, 1.165) is 37.7 Å². The van der Waals surface area contributed by atoms with Crippen molar-refractivity contribution in [1.29, 1.82) is 5.26 Å². The number of halogens is 1. The fourth-order valence-electron chi connectivity index (χ4n) is 4.08. The number of rotatable bonds is 5. The Morgan fingerprint density at radius 3 is 3.03 bits per heavy atom. The number of nitriles is 1. The van der Waals surface area contributed by atoms with Crippen LogP contribution in [0.4, 0.5) is 4.39 Å². The van der Waals surface area contributed by atoms with E-state index in [1.807, 2.05) is 16.9 Å². The van der Waals surface area contributed by atoms with Crippen LogP contribution in [-0.2, 0) is 0 Å². The Balaban J connectivity index is 1.67. The summed E-state index contributed by atoms with van der Waals surface area (Å²) in [4.78, 5) is 17.4. The van der Waals surface area contributed by atoms with Crippen molar-refractivity contribution in [2.45, 2.75) is 28.8 Å². The monoisotopic (exact) mass is 476 g/mol. The quantitative estimate of drug-likeness (QED) is 0.455. The molecule has 0 saturated carbocycles. The van der Waals surface area contributed by atoms with Crippen molar-refractivity contribution >= 4 is 23.2 Å². The zero-order valence-electron chi connectivity index (χ0n) is 18.3. The van der Waals surface area contributed by atoms with Gasteiger partial charge in [-0.25, -0.2) is 13.9 Å². The molecule has 1 atom stereocenters. The molecule has 172 valence electrons. The molecule has 0 aliphatic carbocycles. The molecule has 0 bridgehead atoms. The lowest BCUT2D eigenvalue weighted by atomic mass is 10.1. The van der Waals surface area contributed by atoms with Gasteiger partial charge in [0.25, 0.3) is 5.91 Å². The van der Waals surface area contributed by atoms with Crippen molar-refractivity contribution < 1.29 is 9.18 Å². The number of hydrogen-bond acceptors (Lipinski definition) is 7. The highest BCUT2D eigenvalue weighted by Crippen LogP contribution is 2.37. The Bertz CT molecular complexity index is 1420. The lowest BCUT2D eigenvalue weighted by molar-refractivity contribution is 0.0957. The summed E-state index contributed by atoms with van der Waals surface area (Å²) in [7, 11) is 1.56. The van der Waals surface area contributed by atoms with Crippen molar-refractivity contribution in [1.82, 2.24) is 35.0 Å². The summed E-state index contributed by atoms with van der Waals surface area (Å²) in [6.07, 6.45) is 8.59. The standard InChI is InChI=1S/C23H21FN8OS/c1-26-22(33)20-17(13-31(30-20)16-4-2-6-27-11-16)14-8-19(34-23-18(24)5-3-7-28-23)21-15(9-25)10-29-32(21)12-14/h3,5,7-8,10,12-13,16,27H,2,4,6,11H2,1H3,(H,26,33)/t16-/m0/s1. The van der Waals surface area contributed by atoms with Crippen molar-refractivity contribution in [2.75, 3.05) is 20.1 Å². The van der Waals surface area contributed by atoms with Crippen molar-refractivity contribution in [3.63, 3.8) is 0 Å². The van der Waals surface area contributed by atoms with Crippen LogP contribution in [0.1, 0.15) is 34.9 Å². The molecule has 1 saturated heterocycles. The fraction of sp³-hybridized carbons (Fsp3) is 0.261.